The number of benzene rings is 1. The number of hydrogen-bond donors (Lipinski definition) is 1. The number of aliphatic hydroxyl groups is 1. The first-order chi connectivity index (χ1) is 14.0. The second-order valence-electron chi connectivity index (χ2n) is 7.27. The van der Waals surface area contributed by atoms with Crippen LogP contribution in [0.5, 0.6) is 5.75 Å². The highest BCUT2D eigenvalue weighted by molar-refractivity contribution is 6.15. The van der Waals surface area contributed by atoms with Crippen molar-refractivity contribution in [3.8, 4) is 5.75 Å². The molecule has 7 heteroatoms. The van der Waals surface area contributed by atoms with Crippen LogP contribution in [0.1, 0.15) is 40.8 Å². The Balaban J connectivity index is 1.74. The van der Waals surface area contributed by atoms with Crippen molar-refractivity contribution in [3.05, 3.63) is 64.8 Å². The second-order valence-corrected chi connectivity index (χ2v) is 7.27. The van der Waals surface area contributed by atoms with Gasteiger partial charge in [0.05, 0.1) is 24.8 Å². The molecule has 1 aromatic carbocycles. The van der Waals surface area contributed by atoms with Gasteiger partial charge in [-0.15, -0.1) is 0 Å². The van der Waals surface area contributed by atoms with E-state index in [0.29, 0.717) is 30.2 Å². The zero-order valence-corrected chi connectivity index (χ0v) is 16.4. The maximum absolute atomic E-state index is 13.2. The van der Waals surface area contributed by atoms with Crippen LogP contribution in [-0.4, -0.2) is 48.1 Å². The van der Waals surface area contributed by atoms with Crippen LogP contribution < -0.4 is 4.74 Å². The van der Waals surface area contributed by atoms with Gasteiger partial charge in [-0.1, -0.05) is 12.1 Å². The molecule has 29 heavy (non-hydrogen) atoms. The van der Waals surface area contributed by atoms with Crippen molar-refractivity contribution in [1.82, 2.24) is 4.90 Å². The number of aliphatic hydroxyl groups excluding tert-OH is 1. The number of ether oxygens (including phenoxy) is 2. The molecular formula is C22H23NO6. The highest BCUT2D eigenvalue weighted by Crippen LogP contribution is 2.40. The van der Waals surface area contributed by atoms with E-state index in [2.05, 4.69) is 0 Å². The van der Waals surface area contributed by atoms with E-state index in [1.165, 1.54) is 4.90 Å². The second kappa shape index (κ2) is 7.75. The van der Waals surface area contributed by atoms with Gasteiger partial charge in [-0.05, 0) is 49.6 Å². The van der Waals surface area contributed by atoms with E-state index in [1.807, 2.05) is 0 Å². The lowest BCUT2D eigenvalue weighted by molar-refractivity contribution is -0.131. The van der Waals surface area contributed by atoms with Crippen molar-refractivity contribution >= 4 is 11.7 Å². The summed E-state index contributed by atoms with van der Waals surface area (Å²) in [5, 5.41) is 10.6. The van der Waals surface area contributed by atoms with Crippen LogP contribution in [0.4, 0.5) is 0 Å². The highest BCUT2D eigenvalue weighted by Gasteiger charge is 2.45. The molecule has 0 spiro atoms. The zero-order chi connectivity index (χ0) is 20.5. The van der Waals surface area contributed by atoms with Gasteiger partial charge in [0.15, 0.2) is 11.5 Å². The van der Waals surface area contributed by atoms with Crippen LogP contribution >= 0.6 is 0 Å². The number of carbonyl (C=O) groups is 2. The summed E-state index contributed by atoms with van der Waals surface area (Å²) in [5.74, 6) is -0.286. The number of ketones is 1. The number of nitrogens with zero attached hydrogens (tertiary/aromatic N) is 1. The van der Waals surface area contributed by atoms with E-state index in [4.69, 9.17) is 13.9 Å². The molecule has 2 unspecified atom stereocenters. The van der Waals surface area contributed by atoms with E-state index in [1.54, 1.807) is 50.4 Å². The van der Waals surface area contributed by atoms with Gasteiger partial charge >= 0.3 is 0 Å². The Kier molecular flexibility index (Phi) is 5.15. The molecule has 4 rings (SSSR count). The Bertz CT molecular complexity index is 952. The van der Waals surface area contributed by atoms with E-state index in [-0.39, 0.29) is 17.4 Å². The molecule has 0 aliphatic carbocycles. The number of amides is 1. The average Bonchev–Trinajstić information content (AvgIpc) is 3.45. The van der Waals surface area contributed by atoms with Gasteiger partial charge in [0.2, 0.25) is 5.78 Å². The minimum atomic E-state index is -0.726. The third-order valence-electron chi connectivity index (χ3n) is 5.37. The van der Waals surface area contributed by atoms with E-state index in [9.17, 15) is 14.7 Å². The summed E-state index contributed by atoms with van der Waals surface area (Å²) in [6, 6.07) is 9.61. The van der Waals surface area contributed by atoms with Gasteiger partial charge in [0, 0.05) is 13.2 Å². The predicted molar refractivity (Wildman–Crippen MR) is 104 cm³/mol. The van der Waals surface area contributed by atoms with Gasteiger partial charge in [0.1, 0.15) is 11.5 Å². The minimum absolute atomic E-state index is 0.0208. The molecule has 0 saturated carbocycles. The topological polar surface area (TPSA) is 89.2 Å². The molecule has 152 valence electrons. The first-order valence-corrected chi connectivity index (χ1v) is 9.60. The Hall–Kier alpha value is -3.06. The number of Topliss-reactive ketones (excluding diaryl/α,β-unsaturated/α-hetero) is 1. The number of aryl methyl sites for hydroxylation is 1. The van der Waals surface area contributed by atoms with Crippen LogP contribution in [0, 0.1) is 6.92 Å². The Morgan fingerprint density at radius 2 is 2.00 bits per heavy atom. The Morgan fingerprint density at radius 3 is 2.59 bits per heavy atom. The molecule has 3 heterocycles. The van der Waals surface area contributed by atoms with Crippen molar-refractivity contribution in [2.24, 2.45) is 0 Å². The molecule has 0 radical (unpaired) electrons. The fourth-order valence-electron chi connectivity index (χ4n) is 3.90. The molecule has 7 nitrogen and oxygen atoms in total. The van der Waals surface area contributed by atoms with E-state index >= 15 is 0 Å². The number of carbonyl (C=O) groups excluding carboxylic acids is 2. The largest absolute Gasteiger partial charge is 0.503 e. The first kappa shape index (κ1) is 19.3. The Labute approximate surface area is 168 Å². The first-order valence-electron chi connectivity index (χ1n) is 9.60. The number of rotatable bonds is 6. The summed E-state index contributed by atoms with van der Waals surface area (Å²) < 4.78 is 16.4. The van der Waals surface area contributed by atoms with Crippen LogP contribution in [0.15, 0.2) is 52.1 Å². The summed E-state index contributed by atoms with van der Waals surface area (Å²) >= 11 is 0. The molecule has 1 amide bonds. The molecule has 2 atom stereocenters. The molecule has 2 aliphatic rings. The third-order valence-corrected chi connectivity index (χ3v) is 5.37. The quantitative estimate of drug-likeness (QED) is 0.752. The molecule has 2 aliphatic heterocycles. The summed E-state index contributed by atoms with van der Waals surface area (Å²) in [6.07, 6.45) is 1.64. The number of furan rings is 1. The van der Waals surface area contributed by atoms with Crippen LogP contribution in [0.3, 0.4) is 0 Å². The summed E-state index contributed by atoms with van der Waals surface area (Å²) in [7, 11) is 1.57. The van der Waals surface area contributed by atoms with Crippen molar-refractivity contribution < 1.29 is 28.6 Å². The zero-order valence-electron chi connectivity index (χ0n) is 16.4. The van der Waals surface area contributed by atoms with Crippen molar-refractivity contribution in [2.45, 2.75) is 31.9 Å². The van der Waals surface area contributed by atoms with Crippen LogP contribution in [0.2, 0.25) is 0 Å². The fourth-order valence-corrected chi connectivity index (χ4v) is 3.90. The van der Waals surface area contributed by atoms with Gasteiger partial charge in [-0.3, -0.25) is 9.59 Å². The monoisotopic (exact) mass is 397 g/mol. The van der Waals surface area contributed by atoms with Crippen LogP contribution in [-0.2, 0) is 9.53 Å². The lowest BCUT2D eigenvalue weighted by Crippen LogP contribution is -2.37. The predicted octanol–water partition coefficient (Wildman–Crippen LogP) is 3.35. The molecule has 1 N–H and O–H groups in total. The smallest absolute Gasteiger partial charge is 0.290 e. The molecule has 0 bridgehead atoms. The van der Waals surface area contributed by atoms with E-state index in [0.717, 1.165) is 12.8 Å². The molecule has 1 aromatic heterocycles. The number of methoxy groups -OCH3 is 1. The fraction of sp³-hybridized carbons (Fsp3) is 0.364. The lowest BCUT2D eigenvalue weighted by atomic mass is 9.95. The van der Waals surface area contributed by atoms with Gasteiger partial charge in [-0.25, -0.2) is 0 Å². The standard InChI is InChI=1S/C22H23NO6/c1-13-5-10-17(29-13)20(24)18-19(14-6-8-15(27-2)9-7-14)23(22(26)21(18)25)12-16-4-3-11-28-16/h5-10,16,19,25H,3-4,11-12H2,1-2H3. The molecule has 1 fully saturated rings. The number of hydrogen-bond acceptors (Lipinski definition) is 6. The van der Waals surface area contributed by atoms with Crippen LogP contribution in [0.25, 0.3) is 0 Å². The minimum Gasteiger partial charge on any atom is -0.503 e. The van der Waals surface area contributed by atoms with Crippen molar-refractivity contribution in [3.63, 3.8) is 0 Å². The van der Waals surface area contributed by atoms with Crippen molar-refractivity contribution in [1.29, 1.82) is 0 Å². The Morgan fingerprint density at radius 1 is 1.24 bits per heavy atom. The maximum Gasteiger partial charge on any atom is 0.290 e. The molecule has 1 saturated heterocycles. The summed E-state index contributed by atoms with van der Waals surface area (Å²) in [5.41, 5.74) is 0.723. The summed E-state index contributed by atoms with van der Waals surface area (Å²) in [4.78, 5) is 27.6. The van der Waals surface area contributed by atoms with Gasteiger partial charge in [0.25, 0.3) is 5.91 Å². The maximum atomic E-state index is 13.2. The average molecular weight is 397 g/mol. The molecule has 2 aromatic rings. The lowest BCUT2D eigenvalue weighted by Gasteiger charge is -2.28. The highest BCUT2D eigenvalue weighted by atomic mass is 16.5. The van der Waals surface area contributed by atoms with Gasteiger partial charge < -0.3 is 23.9 Å². The van der Waals surface area contributed by atoms with Gasteiger partial charge in [-0.2, -0.15) is 0 Å². The summed E-state index contributed by atoms with van der Waals surface area (Å²) in [6.45, 7) is 2.68. The third kappa shape index (κ3) is 3.53. The molecular weight excluding hydrogens is 374 g/mol. The SMILES string of the molecule is COc1ccc(C2C(C(=O)c3ccc(C)o3)=C(O)C(=O)N2CC2CCCO2)cc1. The van der Waals surface area contributed by atoms with E-state index < -0.39 is 23.5 Å². The van der Waals surface area contributed by atoms with Crippen molar-refractivity contribution in [2.75, 3.05) is 20.3 Å². The normalized spacial score (nSPS) is 21.9.